The standard InChI is InChI=1S/C18H19ClN4/c19-15-4-6-17(7-5-15)22-11-9-21(10-12-22)14-16-13-18-3-1-2-8-23(18)20-16/h1-8,13H,9-12,14H2/p+1. The molecule has 5 heteroatoms. The SMILES string of the molecule is Clc1ccc(N2CC[NH+](Cc3cc4ccccn4n3)CC2)cc1. The lowest BCUT2D eigenvalue weighted by Crippen LogP contribution is -3.13. The summed E-state index contributed by atoms with van der Waals surface area (Å²) in [6.07, 6.45) is 2.01. The van der Waals surface area contributed by atoms with Gasteiger partial charge in [-0.15, -0.1) is 0 Å². The Hall–Kier alpha value is -2.04. The van der Waals surface area contributed by atoms with Crippen LogP contribution in [0.15, 0.2) is 54.7 Å². The Morgan fingerprint density at radius 1 is 1.04 bits per heavy atom. The van der Waals surface area contributed by atoms with Gasteiger partial charge in [0.25, 0.3) is 0 Å². The van der Waals surface area contributed by atoms with Gasteiger partial charge in [0, 0.05) is 16.9 Å². The monoisotopic (exact) mass is 327 g/mol. The van der Waals surface area contributed by atoms with Crippen LogP contribution in [0.1, 0.15) is 5.69 Å². The molecule has 0 amide bonds. The second-order valence-corrected chi connectivity index (χ2v) is 6.53. The van der Waals surface area contributed by atoms with Crippen LogP contribution in [0.5, 0.6) is 0 Å². The van der Waals surface area contributed by atoms with E-state index in [2.05, 4.69) is 40.3 Å². The smallest absolute Gasteiger partial charge is 0.122 e. The molecule has 1 aromatic carbocycles. The summed E-state index contributed by atoms with van der Waals surface area (Å²) in [5.74, 6) is 0. The summed E-state index contributed by atoms with van der Waals surface area (Å²) < 4.78 is 1.96. The molecule has 118 valence electrons. The van der Waals surface area contributed by atoms with E-state index >= 15 is 0 Å². The van der Waals surface area contributed by atoms with Crippen molar-refractivity contribution in [3.8, 4) is 0 Å². The lowest BCUT2D eigenvalue weighted by atomic mass is 10.2. The average molecular weight is 328 g/mol. The van der Waals surface area contributed by atoms with Gasteiger partial charge < -0.3 is 9.80 Å². The highest BCUT2D eigenvalue weighted by Gasteiger charge is 2.21. The van der Waals surface area contributed by atoms with Crippen LogP contribution >= 0.6 is 11.6 Å². The van der Waals surface area contributed by atoms with Gasteiger partial charge in [0.1, 0.15) is 12.2 Å². The van der Waals surface area contributed by atoms with Crippen molar-refractivity contribution in [2.75, 3.05) is 31.1 Å². The molecular weight excluding hydrogens is 308 g/mol. The molecule has 2 aromatic heterocycles. The zero-order valence-corrected chi connectivity index (χ0v) is 13.7. The first-order valence-electron chi connectivity index (χ1n) is 8.05. The molecule has 0 saturated carbocycles. The summed E-state index contributed by atoms with van der Waals surface area (Å²) in [5, 5.41) is 5.46. The third kappa shape index (κ3) is 3.19. The van der Waals surface area contributed by atoms with Gasteiger partial charge in [-0.05, 0) is 42.5 Å². The van der Waals surface area contributed by atoms with E-state index in [0.29, 0.717) is 0 Å². The molecule has 1 N–H and O–H groups in total. The minimum absolute atomic E-state index is 0.796. The zero-order valence-electron chi connectivity index (χ0n) is 13.0. The zero-order chi connectivity index (χ0) is 15.6. The number of fused-ring (bicyclic) bond motifs is 1. The van der Waals surface area contributed by atoms with Crippen molar-refractivity contribution in [1.82, 2.24) is 9.61 Å². The number of hydrogen-bond acceptors (Lipinski definition) is 2. The van der Waals surface area contributed by atoms with E-state index < -0.39 is 0 Å². The normalized spacial score (nSPS) is 16.1. The Balaban J connectivity index is 1.38. The largest absolute Gasteiger partial charge is 0.360 e. The van der Waals surface area contributed by atoms with E-state index in [1.165, 1.54) is 16.9 Å². The quantitative estimate of drug-likeness (QED) is 0.794. The van der Waals surface area contributed by atoms with Crippen LogP contribution in [-0.4, -0.2) is 35.8 Å². The minimum Gasteiger partial charge on any atom is -0.360 e. The van der Waals surface area contributed by atoms with Gasteiger partial charge in [-0.3, -0.25) is 0 Å². The predicted octanol–water partition coefficient (Wildman–Crippen LogP) is 1.89. The van der Waals surface area contributed by atoms with E-state index in [4.69, 9.17) is 11.6 Å². The summed E-state index contributed by atoms with van der Waals surface area (Å²) >= 11 is 5.97. The van der Waals surface area contributed by atoms with Crippen LogP contribution in [0.4, 0.5) is 5.69 Å². The Kier molecular flexibility index (Phi) is 3.93. The molecule has 4 nitrogen and oxygen atoms in total. The molecular formula is C18H20ClN4+. The number of pyridine rings is 1. The molecule has 0 radical (unpaired) electrons. The summed E-state index contributed by atoms with van der Waals surface area (Å²) in [6.45, 7) is 5.41. The van der Waals surface area contributed by atoms with Crippen molar-refractivity contribution in [3.63, 3.8) is 0 Å². The highest BCUT2D eigenvalue weighted by atomic mass is 35.5. The Bertz CT molecular complexity index is 755. The van der Waals surface area contributed by atoms with Gasteiger partial charge in [0.15, 0.2) is 0 Å². The fraction of sp³-hybridized carbons (Fsp3) is 0.278. The highest BCUT2D eigenvalue weighted by molar-refractivity contribution is 6.30. The number of anilines is 1. The second-order valence-electron chi connectivity index (χ2n) is 6.10. The van der Waals surface area contributed by atoms with Crippen LogP contribution in [0.25, 0.3) is 5.52 Å². The maximum atomic E-state index is 5.97. The Morgan fingerprint density at radius 3 is 2.57 bits per heavy atom. The number of aromatic nitrogens is 2. The summed E-state index contributed by atoms with van der Waals surface area (Å²) in [5.41, 5.74) is 3.61. The van der Waals surface area contributed by atoms with Gasteiger partial charge in [-0.2, -0.15) is 5.10 Å². The van der Waals surface area contributed by atoms with E-state index in [-0.39, 0.29) is 0 Å². The topological polar surface area (TPSA) is 25.0 Å². The minimum atomic E-state index is 0.796. The van der Waals surface area contributed by atoms with Gasteiger partial charge in [-0.1, -0.05) is 17.7 Å². The summed E-state index contributed by atoms with van der Waals surface area (Å²) in [6, 6.07) is 16.5. The molecule has 23 heavy (non-hydrogen) atoms. The van der Waals surface area contributed by atoms with E-state index in [0.717, 1.165) is 37.7 Å². The first-order chi connectivity index (χ1) is 11.3. The number of nitrogens with one attached hydrogen (secondary N) is 1. The van der Waals surface area contributed by atoms with Crippen molar-refractivity contribution < 1.29 is 4.90 Å². The van der Waals surface area contributed by atoms with Crippen molar-refractivity contribution in [2.24, 2.45) is 0 Å². The number of piperazine rings is 1. The lowest BCUT2D eigenvalue weighted by molar-refractivity contribution is -0.914. The fourth-order valence-electron chi connectivity index (χ4n) is 3.24. The van der Waals surface area contributed by atoms with Gasteiger partial charge >= 0.3 is 0 Å². The van der Waals surface area contributed by atoms with Crippen LogP contribution < -0.4 is 9.80 Å². The molecule has 3 heterocycles. The number of benzene rings is 1. The molecule has 0 aliphatic carbocycles. The van der Waals surface area contributed by atoms with Crippen molar-refractivity contribution in [1.29, 1.82) is 0 Å². The number of hydrogen-bond donors (Lipinski definition) is 1. The van der Waals surface area contributed by atoms with Crippen molar-refractivity contribution >= 4 is 22.8 Å². The molecule has 4 rings (SSSR count). The molecule has 1 aliphatic rings. The molecule has 0 unspecified atom stereocenters. The van der Waals surface area contributed by atoms with Crippen LogP contribution in [-0.2, 0) is 6.54 Å². The number of halogens is 1. The van der Waals surface area contributed by atoms with Crippen LogP contribution in [0, 0.1) is 0 Å². The van der Waals surface area contributed by atoms with Crippen LogP contribution in [0.3, 0.4) is 0 Å². The van der Waals surface area contributed by atoms with E-state index in [9.17, 15) is 0 Å². The lowest BCUT2D eigenvalue weighted by Gasteiger charge is -2.33. The first-order valence-corrected chi connectivity index (χ1v) is 8.43. The molecule has 0 atom stereocenters. The summed E-state index contributed by atoms with van der Waals surface area (Å²) in [7, 11) is 0. The first kappa shape index (κ1) is 14.5. The van der Waals surface area contributed by atoms with E-state index in [1.54, 1.807) is 4.90 Å². The summed E-state index contributed by atoms with van der Waals surface area (Å²) in [4.78, 5) is 4.03. The Morgan fingerprint density at radius 2 is 1.83 bits per heavy atom. The van der Waals surface area contributed by atoms with Crippen molar-refractivity contribution in [2.45, 2.75) is 6.54 Å². The number of rotatable bonds is 3. The third-order valence-electron chi connectivity index (χ3n) is 4.51. The molecule has 0 spiro atoms. The Labute approximate surface area is 140 Å². The highest BCUT2D eigenvalue weighted by Crippen LogP contribution is 2.17. The number of quaternary nitrogens is 1. The molecule has 3 aromatic rings. The molecule has 1 fully saturated rings. The third-order valence-corrected chi connectivity index (χ3v) is 4.77. The van der Waals surface area contributed by atoms with E-state index in [1.807, 2.05) is 28.9 Å². The van der Waals surface area contributed by atoms with Crippen LogP contribution in [0.2, 0.25) is 5.02 Å². The average Bonchev–Trinajstić information content (AvgIpc) is 2.98. The molecule has 1 aliphatic heterocycles. The molecule has 1 saturated heterocycles. The second kappa shape index (κ2) is 6.22. The maximum Gasteiger partial charge on any atom is 0.122 e. The van der Waals surface area contributed by atoms with Gasteiger partial charge in [0.05, 0.1) is 31.7 Å². The predicted molar refractivity (Wildman–Crippen MR) is 93.3 cm³/mol. The number of nitrogens with zero attached hydrogens (tertiary/aromatic N) is 3. The molecule has 0 bridgehead atoms. The van der Waals surface area contributed by atoms with Gasteiger partial charge in [0.2, 0.25) is 0 Å². The fourth-order valence-corrected chi connectivity index (χ4v) is 3.37. The maximum absolute atomic E-state index is 5.97. The van der Waals surface area contributed by atoms with Gasteiger partial charge in [-0.25, -0.2) is 4.52 Å². The van der Waals surface area contributed by atoms with Crippen molar-refractivity contribution in [3.05, 3.63) is 65.4 Å².